The van der Waals surface area contributed by atoms with Gasteiger partial charge >= 0.3 is 0 Å². The van der Waals surface area contributed by atoms with E-state index in [2.05, 4.69) is 127 Å². The largest absolute Gasteiger partial charge is 0.456 e. The number of rotatable bonds is 6. The summed E-state index contributed by atoms with van der Waals surface area (Å²) in [4.78, 5) is 15.1. The Balaban J connectivity index is 1.06. The molecular weight excluding hydrogens is 683 g/mol. The summed E-state index contributed by atoms with van der Waals surface area (Å²) in [6, 6.07) is 68.1. The van der Waals surface area contributed by atoms with Gasteiger partial charge in [0.25, 0.3) is 0 Å². The predicted molar refractivity (Wildman–Crippen MR) is 227 cm³/mol. The SMILES string of the molecule is c1ccc(-c2nc(-c3ccccc3)nc(-c3ccccc3-c3cccc4oc5ccc(-c6ccc7c(c6)-c6ccccc6C7c6ccccc6)cc5c34)n2)cc1. The maximum absolute atomic E-state index is 6.55. The molecule has 0 fully saturated rings. The number of fused-ring (bicyclic) bond motifs is 6. The second-order valence-corrected chi connectivity index (χ2v) is 14.3. The number of aromatic nitrogens is 3. The van der Waals surface area contributed by atoms with Gasteiger partial charge in [-0.25, -0.2) is 15.0 Å². The summed E-state index contributed by atoms with van der Waals surface area (Å²) in [5.74, 6) is 2.10. The van der Waals surface area contributed by atoms with Gasteiger partial charge in [0.15, 0.2) is 17.5 Å². The van der Waals surface area contributed by atoms with Crippen molar-refractivity contribution in [1.82, 2.24) is 15.0 Å². The van der Waals surface area contributed by atoms with Gasteiger partial charge in [-0.15, -0.1) is 0 Å². The second-order valence-electron chi connectivity index (χ2n) is 14.3. The fraction of sp³-hybridized carbons (Fsp3) is 0.0192. The molecule has 0 aliphatic heterocycles. The summed E-state index contributed by atoms with van der Waals surface area (Å²) in [7, 11) is 0. The van der Waals surface area contributed by atoms with E-state index in [1.807, 2.05) is 66.7 Å². The number of hydrogen-bond acceptors (Lipinski definition) is 4. The highest BCUT2D eigenvalue weighted by Crippen LogP contribution is 2.49. The minimum atomic E-state index is 0.219. The van der Waals surface area contributed by atoms with Gasteiger partial charge in [-0.05, 0) is 74.3 Å². The van der Waals surface area contributed by atoms with E-state index in [1.165, 1.54) is 33.4 Å². The van der Waals surface area contributed by atoms with E-state index in [9.17, 15) is 0 Å². The molecule has 0 saturated carbocycles. The molecule has 0 saturated heterocycles. The Morgan fingerprint density at radius 3 is 1.62 bits per heavy atom. The summed E-state index contributed by atoms with van der Waals surface area (Å²) in [6.07, 6.45) is 0. The fourth-order valence-corrected chi connectivity index (χ4v) is 8.46. The molecule has 1 atom stereocenters. The molecular formula is C52H33N3O. The fourth-order valence-electron chi connectivity index (χ4n) is 8.46. The van der Waals surface area contributed by atoms with Crippen LogP contribution in [0.25, 0.3) is 89.5 Å². The van der Waals surface area contributed by atoms with Gasteiger partial charge < -0.3 is 4.42 Å². The van der Waals surface area contributed by atoms with E-state index in [4.69, 9.17) is 19.4 Å². The van der Waals surface area contributed by atoms with Crippen LogP contribution < -0.4 is 0 Å². The molecule has 8 aromatic carbocycles. The Hall–Kier alpha value is -7.43. The van der Waals surface area contributed by atoms with Crippen molar-refractivity contribution in [3.63, 3.8) is 0 Å². The monoisotopic (exact) mass is 715 g/mol. The third kappa shape index (κ3) is 5.34. The summed E-state index contributed by atoms with van der Waals surface area (Å²) in [6.45, 7) is 0. The molecule has 1 aliphatic rings. The molecule has 4 nitrogen and oxygen atoms in total. The first kappa shape index (κ1) is 32.0. The van der Waals surface area contributed by atoms with Crippen LogP contribution in [0.1, 0.15) is 22.6 Å². The summed E-state index contributed by atoms with van der Waals surface area (Å²) in [5.41, 5.74) is 15.5. The summed E-state index contributed by atoms with van der Waals surface area (Å²) >= 11 is 0. The van der Waals surface area contributed by atoms with Crippen LogP contribution in [0.5, 0.6) is 0 Å². The Kier molecular flexibility index (Phi) is 7.52. The highest BCUT2D eigenvalue weighted by atomic mass is 16.3. The maximum atomic E-state index is 6.55. The zero-order valence-electron chi connectivity index (χ0n) is 30.3. The minimum Gasteiger partial charge on any atom is -0.456 e. The average Bonchev–Trinajstić information content (AvgIpc) is 3.82. The van der Waals surface area contributed by atoms with Crippen LogP contribution >= 0.6 is 0 Å². The van der Waals surface area contributed by atoms with Crippen molar-refractivity contribution >= 4 is 21.9 Å². The highest BCUT2D eigenvalue weighted by Gasteiger charge is 2.30. The molecule has 2 aromatic heterocycles. The molecule has 262 valence electrons. The van der Waals surface area contributed by atoms with Gasteiger partial charge in [0, 0.05) is 33.4 Å². The molecule has 2 heterocycles. The van der Waals surface area contributed by atoms with Gasteiger partial charge in [0.2, 0.25) is 0 Å². The molecule has 0 N–H and O–H groups in total. The molecule has 1 aliphatic carbocycles. The minimum absolute atomic E-state index is 0.219. The van der Waals surface area contributed by atoms with E-state index >= 15 is 0 Å². The third-order valence-electron chi connectivity index (χ3n) is 11.0. The average molecular weight is 716 g/mol. The van der Waals surface area contributed by atoms with Crippen LogP contribution in [0.15, 0.2) is 199 Å². The molecule has 1 unspecified atom stereocenters. The zero-order valence-corrected chi connectivity index (χ0v) is 30.3. The van der Waals surface area contributed by atoms with Crippen LogP contribution in [0.3, 0.4) is 0 Å². The van der Waals surface area contributed by atoms with E-state index < -0.39 is 0 Å². The lowest BCUT2D eigenvalue weighted by Gasteiger charge is -2.14. The first-order chi connectivity index (χ1) is 27.8. The van der Waals surface area contributed by atoms with Crippen molar-refractivity contribution in [3.05, 3.63) is 211 Å². The Bertz CT molecular complexity index is 3020. The van der Waals surface area contributed by atoms with Crippen molar-refractivity contribution < 1.29 is 4.42 Å². The highest BCUT2D eigenvalue weighted by molar-refractivity contribution is 6.14. The molecule has 11 rings (SSSR count). The first-order valence-electron chi connectivity index (χ1n) is 19.0. The Labute approximate surface area is 324 Å². The lowest BCUT2D eigenvalue weighted by Crippen LogP contribution is -2.01. The Morgan fingerprint density at radius 2 is 0.893 bits per heavy atom. The van der Waals surface area contributed by atoms with E-state index in [-0.39, 0.29) is 5.92 Å². The molecule has 4 heteroatoms. The van der Waals surface area contributed by atoms with Crippen molar-refractivity contribution in [1.29, 1.82) is 0 Å². The van der Waals surface area contributed by atoms with Gasteiger partial charge in [-0.1, -0.05) is 170 Å². The van der Waals surface area contributed by atoms with Gasteiger partial charge in [0.1, 0.15) is 11.2 Å². The molecule has 0 amide bonds. The van der Waals surface area contributed by atoms with Gasteiger partial charge in [-0.2, -0.15) is 0 Å². The quantitative estimate of drug-likeness (QED) is 0.172. The Morgan fingerprint density at radius 1 is 0.339 bits per heavy atom. The number of nitrogens with zero attached hydrogens (tertiary/aromatic N) is 3. The lowest BCUT2D eigenvalue weighted by molar-refractivity contribution is 0.669. The van der Waals surface area contributed by atoms with Crippen LogP contribution in [0.4, 0.5) is 0 Å². The molecule has 0 bridgehead atoms. The van der Waals surface area contributed by atoms with Gasteiger partial charge in [-0.3, -0.25) is 0 Å². The first-order valence-corrected chi connectivity index (χ1v) is 19.0. The predicted octanol–water partition coefficient (Wildman–Crippen LogP) is 13.3. The normalized spacial score (nSPS) is 13.2. The third-order valence-corrected chi connectivity index (χ3v) is 11.0. The van der Waals surface area contributed by atoms with Crippen molar-refractivity contribution in [2.45, 2.75) is 5.92 Å². The van der Waals surface area contributed by atoms with Crippen molar-refractivity contribution in [2.24, 2.45) is 0 Å². The molecule has 0 spiro atoms. The second kappa shape index (κ2) is 13.2. The van der Waals surface area contributed by atoms with E-state index in [0.717, 1.165) is 55.3 Å². The van der Waals surface area contributed by atoms with Crippen molar-refractivity contribution in [2.75, 3.05) is 0 Å². The number of benzene rings is 8. The van der Waals surface area contributed by atoms with Gasteiger partial charge in [0.05, 0.1) is 0 Å². The maximum Gasteiger partial charge on any atom is 0.164 e. The van der Waals surface area contributed by atoms with Crippen molar-refractivity contribution in [3.8, 4) is 67.5 Å². The van der Waals surface area contributed by atoms with E-state index in [1.54, 1.807) is 0 Å². The van der Waals surface area contributed by atoms with E-state index in [0.29, 0.717) is 17.5 Å². The lowest BCUT2D eigenvalue weighted by atomic mass is 9.89. The molecule has 56 heavy (non-hydrogen) atoms. The zero-order chi connectivity index (χ0) is 37.0. The summed E-state index contributed by atoms with van der Waals surface area (Å²) in [5, 5.41) is 2.13. The molecule has 10 aromatic rings. The van der Waals surface area contributed by atoms with Crippen LogP contribution in [0.2, 0.25) is 0 Å². The van der Waals surface area contributed by atoms with Crippen LogP contribution in [-0.2, 0) is 0 Å². The van der Waals surface area contributed by atoms with Crippen LogP contribution in [0, 0.1) is 0 Å². The molecule has 0 radical (unpaired) electrons. The number of hydrogen-bond donors (Lipinski definition) is 0. The standard InChI is InChI=1S/C52H33N3O/c1-4-15-33(16-5-1)48-40-23-12-10-22-39(40)44-31-36(27-29-42(44)48)37-28-30-46-45(32-37)49-41(25-14-26-47(49)56-46)38-21-11-13-24-43(38)52-54-50(34-17-6-2-7-18-34)53-51(55-52)35-19-8-3-9-20-35/h1-32,48H. The number of furan rings is 1. The smallest absolute Gasteiger partial charge is 0.164 e. The van der Waals surface area contributed by atoms with Crippen LogP contribution in [-0.4, -0.2) is 15.0 Å². The summed E-state index contributed by atoms with van der Waals surface area (Å²) < 4.78 is 6.55. The topological polar surface area (TPSA) is 51.8 Å².